The third-order valence-electron chi connectivity index (χ3n) is 1.78. The van der Waals surface area contributed by atoms with Gasteiger partial charge in [-0.2, -0.15) is 0 Å². The summed E-state index contributed by atoms with van der Waals surface area (Å²) in [6.07, 6.45) is 0.539. The molecule has 0 unspecified atom stereocenters. The van der Waals surface area contributed by atoms with Gasteiger partial charge < -0.3 is 4.74 Å². The minimum Gasteiger partial charge on any atom is -0.454 e. The molecular formula is C13H12O3. The van der Waals surface area contributed by atoms with Crippen LogP contribution in [0.1, 0.15) is 18.9 Å². The monoisotopic (exact) mass is 216 g/mol. The fourth-order valence-electron chi connectivity index (χ4n) is 1.01. The van der Waals surface area contributed by atoms with Crippen molar-refractivity contribution in [2.75, 3.05) is 0 Å². The molecule has 0 atom stereocenters. The van der Waals surface area contributed by atoms with E-state index in [0.717, 1.165) is 5.56 Å². The van der Waals surface area contributed by atoms with Crippen LogP contribution in [0.3, 0.4) is 0 Å². The molecule has 0 aromatic heterocycles. The van der Waals surface area contributed by atoms with Gasteiger partial charge in [-0.1, -0.05) is 43.2 Å². The summed E-state index contributed by atoms with van der Waals surface area (Å²) in [6.45, 7) is 1.90. The van der Waals surface area contributed by atoms with Crippen molar-refractivity contribution in [1.82, 2.24) is 0 Å². The molecule has 0 heterocycles. The first-order chi connectivity index (χ1) is 7.74. The summed E-state index contributed by atoms with van der Waals surface area (Å²) in [5.41, 5.74) is 0.840. The van der Waals surface area contributed by atoms with Gasteiger partial charge >= 0.3 is 11.8 Å². The number of hydrogen-bond acceptors (Lipinski definition) is 3. The first-order valence-corrected chi connectivity index (χ1v) is 4.98. The van der Waals surface area contributed by atoms with E-state index in [1.165, 1.54) is 0 Å². The standard InChI is InChI=1S/C13H12O3/c1-2-3-9-12(14)13(15)16-10-11-7-5-4-6-8-11/h4-8H,2,10H2,1H3. The second kappa shape index (κ2) is 6.41. The van der Waals surface area contributed by atoms with Crippen LogP contribution in [-0.4, -0.2) is 11.8 Å². The third-order valence-corrected chi connectivity index (χ3v) is 1.78. The van der Waals surface area contributed by atoms with Crippen LogP contribution in [0.2, 0.25) is 0 Å². The highest BCUT2D eigenvalue weighted by molar-refractivity contribution is 6.40. The van der Waals surface area contributed by atoms with Crippen LogP contribution in [-0.2, 0) is 20.9 Å². The Morgan fingerprint density at radius 3 is 2.56 bits per heavy atom. The fraction of sp³-hybridized carbons (Fsp3) is 0.231. The topological polar surface area (TPSA) is 43.4 Å². The molecule has 0 saturated heterocycles. The molecule has 1 rings (SSSR count). The van der Waals surface area contributed by atoms with E-state index in [1.807, 2.05) is 30.3 Å². The second-order valence-electron chi connectivity index (χ2n) is 3.05. The number of carbonyl (C=O) groups is 2. The third kappa shape index (κ3) is 3.97. The highest BCUT2D eigenvalue weighted by Crippen LogP contribution is 2.00. The Kier molecular flexibility index (Phi) is 4.81. The molecule has 0 amide bonds. The van der Waals surface area contributed by atoms with E-state index < -0.39 is 11.8 Å². The van der Waals surface area contributed by atoms with E-state index in [1.54, 1.807) is 6.92 Å². The van der Waals surface area contributed by atoms with Crippen LogP contribution >= 0.6 is 0 Å². The molecule has 82 valence electrons. The van der Waals surface area contributed by atoms with Gasteiger partial charge in [-0.05, 0) is 11.5 Å². The average Bonchev–Trinajstić information content (AvgIpc) is 2.34. The van der Waals surface area contributed by atoms with Gasteiger partial charge in [0.05, 0.1) is 0 Å². The lowest BCUT2D eigenvalue weighted by Gasteiger charge is -2.01. The number of carbonyl (C=O) groups excluding carboxylic acids is 2. The van der Waals surface area contributed by atoms with Gasteiger partial charge in [0.2, 0.25) is 0 Å². The van der Waals surface area contributed by atoms with Gasteiger partial charge in [0.1, 0.15) is 6.61 Å². The lowest BCUT2D eigenvalue weighted by Crippen LogP contribution is -2.15. The van der Waals surface area contributed by atoms with Gasteiger partial charge in [0.25, 0.3) is 0 Å². The Morgan fingerprint density at radius 2 is 1.94 bits per heavy atom. The van der Waals surface area contributed by atoms with Crippen molar-refractivity contribution >= 4 is 11.8 Å². The predicted molar refractivity (Wildman–Crippen MR) is 59.3 cm³/mol. The summed E-state index contributed by atoms with van der Waals surface area (Å²) in [5.74, 6) is 3.04. The number of ether oxygens (including phenoxy) is 1. The van der Waals surface area contributed by atoms with Gasteiger partial charge in [-0.3, -0.25) is 4.79 Å². The van der Waals surface area contributed by atoms with Crippen molar-refractivity contribution in [3.8, 4) is 11.8 Å². The van der Waals surface area contributed by atoms with Crippen molar-refractivity contribution in [1.29, 1.82) is 0 Å². The van der Waals surface area contributed by atoms with Crippen LogP contribution in [0, 0.1) is 11.8 Å². The first kappa shape index (κ1) is 12.0. The summed E-state index contributed by atoms with van der Waals surface area (Å²) >= 11 is 0. The van der Waals surface area contributed by atoms with E-state index in [2.05, 4.69) is 11.8 Å². The molecule has 3 nitrogen and oxygen atoms in total. The molecule has 0 radical (unpaired) electrons. The molecule has 0 aliphatic heterocycles. The summed E-state index contributed by atoms with van der Waals surface area (Å²) in [4.78, 5) is 22.2. The number of benzene rings is 1. The maximum absolute atomic E-state index is 11.1. The van der Waals surface area contributed by atoms with Gasteiger partial charge in [0.15, 0.2) is 0 Å². The second-order valence-corrected chi connectivity index (χ2v) is 3.05. The summed E-state index contributed by atoms with van der Waals surface area (Å²) in [7, 11) is 0. The highest BCUT2D eigenvalue weighted by atomic mass is 16.5. The molecular weight excluding hydrogens is 204 g/mol. The maximum Gasteiger partial charge on any atom is 0.388 e. The smallest absolute Gasteiger partial charge is 0.388 e. The quantitative estimate of drug-likeness (QED) is 0.334. The molecule has 0 N–H and O–H groups in total. The number of Topliss-reactive ketones (excluding diaryl/α,β-unsaturated/α-hetero) is 1. The summed E-state index contributed by atoms with van der Waals surface area (Å²) in [5, 5.41) is 0. The van der Waals surface area contributed by atoms with Crippen LogP contribution in [0.15, 0.2) is 30.3 Å². The van der Waals surface area contributed by atoms with E-state index in [0.29, 0.717) is 6.42 Å². The Balaban J connectivity index is 2.44. The van der Waals surface area contributed by atoms with Crippen molar-refractivity contribution in [3.63, 3.8) is 0 Å². The Hall–Kier alpha value is -2.08. The van der Waals surface area contributed by atoms with Gasteiger partial charge in [-0.25, -0.2) is 4.79 Å². The fourth-order valence-corrected chi connectivity index (χ4v) is 1.01. The summed E-state index contributed by atoms with van der Waals surface area (Å²) < 4.78 is 4.80. The average molecular weight is 216 g/mol. The molecule has 0 bridgehead atoms. The van der Waals surface area contributed by atoms with Crippen molar-refractivity contribution in [2.45, 2.75) is 20.0 Å². The molecule has 1 aromatic rings. The number of hydrogen-bond donors (Lipinski definition) is 0. The molecule has 0 aliphatic rings. The zero-order valence-electron chi connectivity index (χ0n) is 9.03. The Bertz CT molecular complexity index is 423. The summed E-state index contributed by atoms with van der Waals surface area (Å²) in [6, 6.07) is 9.16. The number of esters is 1. The highest BCUT2D eigenvalue weighted by Gasteiger charge is 2.11. The molecule has 16 heavy (non-hydrogen) atoms. The molecule has 1 aromatic carbocycles. The number of ketones is 1. The SMILES string of the molecule is CCC#CC(=O)C(=O)OCc1ccccc1. The normalized spacial score (nSPS) is 8.81. The number of rotatable bonds is 3. The lowest BCUT2D eigenvalue weighted by atomic mass is 10.2. The van der Waals surface area contributed by atoms with Gasteiger partial charge in [-0.15, -0.1) is 0 Å². The van der Waals surface area contributed by atoms with E-state index in [4.69, 9.17) is 4.74 Å². The van der Waals surface area contributed by atoms with Crippen LogP contribution in [0.5, 0.6) is 0 Å². The minimum atomic E-state index is -0.898. The molecule has 0 saturated carbocycles. The van der Waals surface area contributed by atoms with Crippen molar-refractivity contribution < 1.29 is 14.3 Å². The van der Waals surface area contributed by atoms with Crippen LogP contribution in [0.25, 0.3) is 0 Å². The lowest BCUT2D eigenvalue weighted by molar-refractivity contribution is -0.152. The maximum atomic E-state index is 11.1. The predicted octanol–water partition coefficient (Wildman–Crippen LogP) is 1.71. The van der Waals surface area contributed by atoms with E-state index >= 15 is 0 Å². The molecule has 0 spiro atoms. The van der Waals surface area contributed by atoms with E-state index in [-0.39, 0.29) is 6.61 Å². The minimum absolute atomic E-state index is 0.0964. The Labute approximate surface area is 94.4 Å². The van der Waals surface area contributed by atoms with Crippen LogP contribution in [0.4, 0.5) is 0 Å². The zero-order valence-corrected chi connectivity index (χ0v) is 9.03. The molecule has 0 aliphatic carbocycles. The zero-order chi connectivity index (χ0) is 11.8. The Morgan fingerprint density at radius 1 is 1.25 bits per heavy atom. The largest absolute Gasteiger partial charge is 0.454 e. The van der Waals surface area contributed by atoms with Crippen molar-refractivity contribution in [2.24, 2.45) is 0 Å². The van der Waals surface area contributed by atoms with Crippen LogP contribution < -0.4 is 0 Å². The van der Waals surface area contributed by atoms with Gasteiger partial charge in [0, 0.05) is 6.42 Å². The first-order valence-electron chi connectivity index (χ1n) is 4.98. The van der Waals surface area contributed by atoms with E-state index in [9.17, 15) is 9.59 Å². The molecule has 0 fully saturated rings. The van der Waals surface area contributed by atoms with Crippen molar-refractivity contribution in [3.05, 3.63) is 35.9 Å². The molecule has 3 heteroatoms.